The topological polar surface area (TPSA) is 73.8 Å². The second kappa shape index (κ2) is 6.49. The molecule has 0 unspecified atom stereocenters. The zero-order valence-corrected chi connectivity index (χ0v) is 15.6. The molecule has 4 rings (SSSR count). The normalized spacial score (nSPS) is 11.5. The van der Waals surface area contributed by atoms with Gasteiger partial charge in [-0.25, -0.2) is 4.98 Å². The summed E-state index contributed by atoms with van der Waals surface area (Å²) < 4.78 is 6.78. The first-order chi connectivity index (χ1) is 12.5. The van der Waals surface area contributed by atoms with Crippen LogP contribution in [0.1, 0.15) is 37.0 Å². The van der Waals surface area contributed by atoms with Crippen molar-refractivity contribution in [2.24, 2.45) is 0 Å². The van der Waals surface area contributed by atoms with Crippen LogP contribution < -0.4 is 5.56 Å². The number of nitrogens with zero attached hydrogens (tertiary/aromatic N) is 4. The van der Waals surface area contributed by atoms with Crippen molar-refractivity contribution in [2.75, 3.05) is 0 Å². The number of benzene rings is 1. The largest absolute Gasteiger partial charge is 0.337 e. The maximum absolute atomic E-state index is 13.0. The molecule has 0 saturated heterocycles. The van der Waals surface area contributed by atoms with Crippen LogP contribution >= 0.6 is 11.3 Å². The van der Waals surface area contributed by atoms with Gasteiger partial charge in [0.25, 0.3) is 5.56 Å². The van der Waals surface area contributed by atoms with E-state index in [1.54, 1.807) is 6.33 Å². The molecule has 26 heavy (non-hydrogen) atoms. The second-order valence-electron chi connectivity index (χ2n) is 6.57. The molecule has 0 N–H and O–H groups in total. The number of hydrogen-bond acceptors (Lipinski definition) is 6. The van der Waals surface area contributed by atoms with Gasteiger partial charge in [0.2, 0.25) is 5.89 Å². The van der Waals surface area contributed by atoms with Gasteiger partial charge < -0.3 is 4.52 Å². The molecule has 0 fully saturated rings. The van der Waals surface area contributed by atoms with Gasteiger partial charge in [0.1, 0.15) is 11.4 Å². The van der Waals surface area contributed by atoms with E-state index in [4.69, 9.17) is 4.52 Å². The van der Waals surface area contributed by atoms with Crippen LogP contribution in [-0.4, -0.2) is 19.7 Å². The van der Waals surface area contributed by atoms with Crippen LogP contribution in [0.2, 0.25) is 0 Å². The lowest BCUT2D eigenvalue weighted by atomic mass is 10.1. The molecule has 6 nitrogen and oxygen atoms in total. The number of rotatable bonds is 4. The van der Waals surface area contributed by atoms with Crippen molar-refractivity contribution in [2.45, 2.75) is 33.2 Å². The van der Waals surface area contributed by atoms with Crippen molar-refractivity contribution in [3.05, 3.63) is 63.6 Å². The number of aromatic nitrogens is 4. The highest BCUT2D eigenvalue weighted by atomic mass is 32.1. The van der Waals surface area contributed by atoms with E-state index in [-0.39, 0.29) is 18.0 Å². The number of fused-ring (bicyclic) bond motifs is 1. The minimum atomic E-state index is -0.101. The highest BCUT2D eigenvalue weighted by molar-refractivity contribution is 7.17. The number of hydrogen-bond donors (Lipinski definition) is 0. The van der Waals surface area contributed by atoms with Crippen molar-refractivity contribution in [3.8, 4) is 11.1 Å². The van der Waals surface area contributed by atoms with E-state index in [9.17, 15) is 4.79 Å². The van der Waals surface area contributed by atoms with Gasteiger partial charge in [0.05, 0.1) is 11.7 Å². The first-order valence-electron chi connectivity index (χ1n) is 8.39. The summed E-state index contributed by atoms with van der Waals surface area (Å²) in [7, 11) is 0. The van der Waals surface area contributed by atoms with Crippen LogP contribution in [0.4, 0.5) is 0 Å². The van der Waals surface area contributed by atoms with Crippen LogP contribution in [0.25, 0.3) is 21.3 Å². The van der Waals surface area contributed by atoms with Crippen molar-refractivity contribution < 1.29 is 4.52 Å². The molecule has 0 spiro atoms. The average molecular weight is 366 g/mol. The number of thiophene rings is 1. The van der Waals surface area contributed by atoms with Gasteiger partial charge in [-0.05, 0) is 12.5 Å². The molecular weight excluding hydrogens is 348 g/mol. The fourth-order valence-corrected chi connectivity index (χ4v) is 3.64. The third-order valence-corrected chi connectivity index (χ3v) is 5.12. The van der Waals surface area contributed by atoms with Crippen LogP contribution in [0.5, 0.6) is 0 Å². The highest BCUT2D eigenvalue weighted by Crippen LogP contribution is 2.30. The molecule has 0 aliphatic heterocycles. The van der Waals surface area contributed by atoms with Crippen LogP contribution in [0.15, 0.2) is 45.3 Å². The van der Waals surface area contributed by atoms with E-state index in [1.165, 1.54) is 21.5 Å². The van der Waals surface area contributed by atoms with E-state index in [0.717, 1.165) is 16.0 Å². The van der Waals surface area contributed by atoms with E-state index in [0.29, 0.717) is 17.1 Å². The second-order valence-corrected chi connectivity index (χ2v) is 7.43. The smallest absolute Gasteiger partial charge is 0.263 e. The van der Waals surface area contributed by atoms with E-state index < -0.39 is 0 Å². The summed E-state index contributed by atoms with van der Waals surface area (Å²) in [5.74, 6) is 1.22. The minimum absolute atomic E-state index is 0.101. The van der Waals surface area contributed by atoms with E-state index in [2.05, 4.69) is 15.1 Å². The Labute approximate surface area is 154 Å². The van der Waals surface area contributed by atoms with Gasteiger partial charge in [-0.2, -0.15) is 4.98 Å². The maximum Gasteiger partial charge on any atom is 0.263 e. The Balaban J connectivity index is 1.77. The lowest BCUT2D eigenvalue weighted by Crippen LogP contribution is -2.21. The van der Waals surface area contributed by atoms with Crippen molar-refractivity contribution in [1.82, 2.24) is 19.7 Å². The van der Waals surface area contributed by atoms with Crippen LogP contribution in [0.3, 0.4) is 0 Å². The molecule has 0 atom stereocenters. The molecule has 0 amide bonds. The molecule has 132 valence electrons. The Morgan fingerprint density at radius 1 is 1.23 bits per heavy atom. The van der Waals surface area contributed by atoms with Gasteiger partial charge in [-0.1, -0.05) is 48.8 Å². The third kappa shape index (κ3) is 2.94. The molecular formula is C19H18N4O2S. The monoisotopic (exact) mass is 366 g/mol. The fourth-order valence-electron chi connectivity index (χ4n) is 2.74. The standard InChI is InChI=1S/C19H18N4O2S/c1-11(2)17-21-15(25-22-17)8-23-10-20-18-16(19(23)24)14(9-26-18)13-6-4-12(3)5-7-13/h4-7,9-11H,8H2,1-3H3. The predicted molar refractivity (Wildman–Crippen MR) is 102 cm³/mol. The molecule has 0 saturated carbocycles. The summed E-state index contributed by atoms with van der Waals surface area (Å²) in [6, 6.07) is 8.14. The van der Waals surface area contributed by atoms with E-state index >= 15 is 0 Å². The Bertz CT molecular complexity index is 1120. The molecule has 1 aromatic carbocycles. The lowest BCUT2D eigenvalue weighted by Gasteiger charge is -2.04. The lowest BCUT2D eigenvalue weighted by molar-refractivity contribution is 0.363. The average Bonchev–Trinajstić information content (AvgIpc) is 3.25. The Morgan fingerprint density at radius 2 is 2.00 bits per heavy atom. The van der Waals surface area contributed by atoms with Gasteiger partial charge in [0.15, 0.2) is 5.82 Å². The summed E-state index contributed by atoms with van der Waals surface area (Å²) >= 11 is 1.47. The van der Waals surface area contributed by atoms with Crippen molar-refractivity contribution in [3.63, 3.8) is 0 Å². The molecule has 7 heteroatoms. The zero-order chi connectivity index (χ0) is 18.3. The van der Waals surface area contributed by atoms with Crippen molar-refractivity contribution in [1.29, 1.82) is 0 Å². The van der Waals surface area contributed by atoms with Crippen LogP contribution in [0, 0.1) is 6.92 Å². The summed E-state index contributed by atoms with van der Waals surface area (Å²) in [4.78, 5) is 22.5. The molecule has 0 bridgehead atoms. The first kappa shape index (κ1) is 16.7. The first-order valence-corrected chi connectivity index (χ1v) is 9.27. The van der Waals surface area contributed by atoms with Gasteiger partial charge >= 0.3 is 0 Å². The summed E-state index contributed by atoms with van der Waals surface area (Å²) in [6.45, 7) is 6.24. The predicted octanol–water partition coefficient (Wildman–Crippen LogP) is 3.99. The van der Waals surface area contributed by atoms with Gasteiger partial charge in [0, 0.05) is 16.9 Å². The molecule has 0 aliphatic rings. The number of aryl methyl sites for hydroxylation is 1. The van der Waals surface area contributed by atoms with Gasteiger partial charge in [-0.15, -0.1) is 11.3 Å². The Hall–Kier alpha value is -2.80. The third-order valence-electron chi connectivity index (χ3n) is 4.23. The maximum atomic E-state index is 13.0. The van der Waals surface area contributed by atoms with E-state index in [1.807, 2.05) is 50.4 Å². The molecule has 0 aliphatic carbocycles. The SMILES string of the molecule is Cc1ccc(-c2csc3ncn(Cc4nc(C(C)C)no4)c(=O)c23)cc1. The summed E-state index contributed by atoms with van der Waals surface area (Å²) in [5.41, 5.74) is 3.00. The van der Waals surface area contributed by atoms with Crippen molar-refractivity contribution >= 4 is 21.6 Å². The zero-order valence-electron chi connectivity index (χ0n) is 14.8. The minimum Gasteiger partial charge on any atom is -0.337 e. The Kier molecular flexibility index (Phi) is 4.16. The van der Waals surface area contributed by atoms with Crippen LogP contribution in [-0.2, 0) is 6.54 Å². The highest BCUT2D eigenvalue weighted by Gasteiger charge is 2.15. The molecule has 3 heterocycles. The fraction of sp³-hybridized carbons (Fsp3) is 0.263. The molecule has 0 radical (unpaired) electrons. The Morgan fingerprint density at radius 3 is 2.69 bits per heavy atom. The summed E-state index contributed by atoms with van der Waals surface area (Å²) in [6.07, 6.45) is 1.54. The quantitative estimate of drug-likeness (QED) is 0.546. The summed E-state index contributed by atoms with van der Waals surface area (Å²) in [5, 5.41) is 6.56. The van der Waals surface area contributed by atoms with Gasteiger partial charge in [-0.3, -0.25) is 9.36 Å². The molecule has 4 aromatic rings. The molecule has 3 aromatic heterocycles.